The van der Waals surface area contributed by atoms with Gasteiger partial charge in [-0.1, -0.05) is 36.4 Å². The molecule has 0 aromatic heterocycles. The van der Waals surface area contributed by atoms with E-state index < -0.39 is 0 Å². The summed E-state index contributed by atoms with van der Waals surface area (Å²) in [5.74, 6) is 0.118. The van der Waals surface area contributed by atoms with Crippen molar-refractivity contribution in [2.75, 3.05) is 56.1 Å². The molecule has 0 unspecified atom stereocenters. The number of hydrogen-bond donors (Lipinski definition) is 0. The second-order valence-electron chi connectivity index (χ2n) is 8.72. The number of carbonyl (C=O) groups excluding carboxylic acids is 2. The van der Waals surface area contributed by atoms with E-state index >= 15 is 0 Å². The predicted octanol–water partition coefficient (Wildman–Crippen LogP) is 4.90. The molecule has 0 aliphatic carbocycles. The molecule has 2 amide bonds. The predicted molar refractivity (Wildman–Crippen MR) is 143 cm³/mol. The van der Waals surface area contributed by atoms with Crippen LogP contribution in [0.15, 0.2) is 78.9 Å². The number of rotatable bonds is 7. The molecular weight excluding hydrogens is 436 g/mol. The van der Waals surface area contributed by atoms with Crippen LogP contribution >= 0.6 is 0 Å². The summed E-state index contributed by atoms with van der Waals surface area (Å²) in [6.07, 6.45) is 0. The quantitative estimate of drug-likeness (QED) is 0.493. The van der Waals surface area contributed by atoms with Gasteiger partial charge in [0, 0.05) is 63.3 Å². The maximum absolute atomic E-state index is 13.3. The van der Waals surface area contributed by atoms with E-state index in [2.05, 4.69) is 15.9 Å². The minimum absolute atomic E-state index is 0.0395. The third-order valence-electron chi connectivity index (χ3n) is 6.72. The Morgan fingerprint density at radius 3 is 2.00 bits per heavy atom. The molecule has 0 saturated carbocycles. The molecule has 4 rings (SSSR count). The minimum atomic E-state index is 0.0395. The van der Waals surface area contributed by atoms with Crippen molar-refractivity contribution < 1.29 is 9.59 Å². The standard InChI is InChI=1S/C29H34N4O2/c1-4-31(5-2)29(35)26-17-16-25(22-27(26)30(3)24-14-10-7-11-15-24)32-18-20-33(21-19-32)28(34)23-12-8-6-9-13-23/h6-17,22H,4-5,18-21H2,1-3H3. The maximum Gasteiger partial charge on any atom is 0.255 e. The molecule has 182 valence electrons. The Balaban J connectivity index is 1.58. The van der Waals surface area contributed by atoms with E-state index in [4.69, 9.17) is 0 Å². The van der Waals surface area contributed by atoms with Crippen molar-refractivity contribution in [2.45, 2.75) is 13.8 Å². The summed E-state index contributed by atoms with van der Waals surface area (Å²) in [5.41, 5.74) is 4.39. The summed E-state index contributed by atoms with van der Waals surface area (Å²) in [5, 5.41) is 0. The van der Waals surface area contributed by atoms with Crippen LogP contribution in [-0.4, -0.2) is 67.9 Å². The van der Waals surface area contributed by atoms with E-state index in [-0.39, 0.29) is 11.8 Å². The Morgan fingerprint density at radius 1 is 0.800 bits per heavy atom. The van der Waals surface area contributed by atoms with Gasteiger partial charge in [0.15, 0.2) is 0 Å². The lowest BCUT2D eigenvalue weighted by Crippen LogP contribution is -2.48. The van der Waals surface area contributed by atoms with E-state index in [9.17, 15) is 9.59 Å². The average molecular weight is 471 g/mol. The van der Waals surface area contributed by atoms with E-state index in [0.29, 0.717) is 31.7 Å². The van der Waals surface area contributed by atoms with E-state index in [0.717, 1.165) is 35.7 Å². The van der Waals surface area contributed by atoms with E-state index in [1.54, 1.807) is 0 Å². The molecule has 0 N–H and O–H groups in total. The third-order valence-corrected chi connectivity index (χ3v) is 6.72. The molecular formula is C29H34N4O2. The van der Waals surface area contributed by atoms with Crippen molar-refractivity contribution in [1.29, 1.82) is 0 Å². The zero-order valence-corrected chi connectivity index (χ0v) is 20.9. The molecule has 1 aliphatic rings. The van der Waals surface area contributed by atoms with Crippen molar-refractivity contribution in [2.24, 2.45) is 0 Å². The Labute approximate surface area is 208 Å². The molecule has 0 spiro atoms. The first-order valence-corrected chi connectivity index (χ1v) is 12.3. The van der Waals surface area contributed by atoms with Crippen molar-refractivity contribution in [3.8, 4) is 0 Å². The fourth-order valence-electron chi connectivity index (χ4n) is 4.58. The number of benzene rings is 3. The first kappa shape index (κ1) is 24.3. The maximum atomic E-state index is 13.3. The van der Waals surface area contributed by atoms with Crippen LogP contribution in [0, 0.1) is 0 Å². The summed E-state index contributed by atoms with van der Waals surface area (Å²) in [7, 11) is 2.00. The molecule has 0 bridgehead atoms. The second kappa shape index (κ2) is 11.1. The molecule has 1 aliphatic heterocycles. The number of amides is 2. The monoisotopic (exact) mass is 470 g/mol. The van der Waals surface area contributed by atoms with Crippen LogP contribution in [0.5, 0.6) is 0 Å². The summed E-state index contributed by atoms with van der Waals surface area (Å²) in [6.45, 7) is 8.17. The van der Waals surface area contributed by atoms with Crippen LogP contribution in [0.4, 0.5) is 17.1 Å². The molecule has 35 heavy (non-hydrogen) atoms. The highest BCUT2D eigenvalue weighted by Crippen LogP contribution is 2.32. The molecule has 1 heterocycles. The van der Waals surface area contributed by atoms with Crippen LogP contribution in [-0.2, 0) is 0 Å². The first-order chi connectivity index (χ1) is 17.0. The van der Waals surface area contributed by atoms with Crippen molar-refractivity contribution >= 4 is 28.9 Å². The molecule has 3 aromatic carbocycles. The van der Waals surface area contributed by atoms with Gasteiger partial charge in [0.25, 0.3) is 11.8 Å². The highest BCUT2D eigenvalue weighted by atomic mass is 16.2. The van der Waals surface area contributed by atoms with Gasteiger partial charge >= 0.3 is 0 Å². The largest absolute Gasteiger partial charge is 0.368 e. The van der Waals surface area contributed by atoms with Crippen LogP contribution < -0.4 is 9.80 Å². The SMILES string of the molecule is CCN(CC)C(=O)c1ccc(N2CCN(C(=O)c3ccccc3)CC2)cc1N(C)c1ccccc1. The van der Waals surface area contributed by atoms with Gasteiger partial charge in [0.2, 0.25) is 0 Å². The Morgan fingerprint density at radius 2 is 1.40 bits per heavy atom. The van der Waals surface area contributed by atoms with Crippen molar-refractivity contribution in [1.82, 2.24) is 9.80 Å². The van der Waals surface area contributed by atoms with E-state index in [1.807, 2.05) is 103 Å². The number of carbonyl (C=O) groups is 2. The number of anilines is 3. The number of nitrogens with zero attached hydrogens (tertiary/aromatic N) is 4. The van der Waals surface area contributed by atoms with Gasteiger partial charge in [0.05, 0.1) is 11.3 Å². The van der Waals surface area contributed by atoms with Crippen LogP contribution in [0.25, 0.3) is 0 Å². The molecule has 0 radical (unpaired) electrons. The van der Waals surface area contributed by atoms with Crippen LogP contribution in [0.2, 0.25) is 0 Å². The first-order valence-electron chi connectivity index (χ1n) is 12.3. The zero-order valence-electron chi connectivity index (χ0n) is 20.9. The van der Waals surface area contributed by atoms with E-state index in [1.165, 1.54) is 0 Å². The lowest BCUT2D eigenvalue weighted by Gasteiger charge is -2.37. The third kappa shape index (κ3) is 5.32. The van der Waals surface area contributed by atoms with Gasteiger partial charge in [-0.15, -0.1) is 0 Å². The smallest absolute Gasteiger partial charge is 0.255 e. The topological polar surface area (TPSA) is 47.1 Å². The molecule has 1 fully saturated rings. The molecule has 6 nitrogen and oxygen atoms in total. The van der Waals surface area contributed by atoms with Crippen LogP contribution in [0.1, 0.15) is 34.6 Å². The highest BCUT2D eigenvalue weighted by Gasteiger charge is 2.25. The Hall–Kier alpha value is -3.80. The van der Waals surface area contributed by atoms with Crippen LogP contribution in [0.3, 0.4) is 0 Å². The lowest BCUT2D eigenvalue weighted by atomic mass is 10.1. The van der Waals surface area contributed by atoms with Crippen molar-refractivity contribution in [3.63, 3.8) is 0 Å². The van der Waals surface area contributed by atoms with Gasteiger partial charge in [-0.25, -0.2) is 0 Å². The number of para-hydroxylation sites is 1. The Bertz CT molecular complexity index is 1140. The summed E-state index contributed by atoms with van der Waals surface area (Å²) in [6, 6.07) is 25.6. The molecule has 1 saturated heterocycles. The Kier molecular flexibility index (Phi) is 7.70. The van der Waals surface area contributed by atoms with Gasteiger partial charge < -0.3 is 19.6 Å². The fraction of sp³-hybridized carbons (Fsp3) is 0.310. The van der Waals surface area contributed by atoms with Crippen molar-refractivity contribution in [3.05, 3.63) is 90.0 Å². The average Bonchev–Trinajstić information content (AvgIpc) is 2.93. The second-order valence-corrected chi connectivity index (χ2v) is 8.72. The number of piperazine rings is 1. The normalized spacial score (nSPS) is 13.5. The number of hydrogen-bond acceptors (Lipinski definition) is 4. The van der Waals surface area contributed by atoms with Gasteiger partial charge in [-0.3, -0.25) is 9.59 Å². The molecule has 6 heteroatoms. The zero-order chi connectivity index (χ0) is 24.8. The molecule has 3 aromatic rings. The lowest BCUT2D eigenvalue weighted by molar-refractivity contribution is 0.0744. The fourth-order valence-corrected chi connectivity index (χ4v) is 4.58. The summed E-state index contributed by atoms with van der Waals surface area (Å²) < 4.78 is 0. The minimum Gasteiger partial charge on any atom is -0.368 e. The summed E-state index contributed by atoms with van der Waals surface area (Å²) in [4.78, 5) is 34.3. The highest BCUT2D eigenvalue weighted by molar-refractivity contribution is 6.01. The van der Waals surface area contributed by atoms with Gasteiger partial charge in [-0.2, -0.15) is 0 Å². The molecule has 0 atom stereocenters. The summed E-state index contributed by atoms with van der Waals surface area (Å²) >= 11 is 0. The van der Waals surface area contributed by atoms with Gasteiger partial charge in [-0.05, 0) is 56.3 Å². The van der Waals surface area contributed by atoms with Gasteiger partial charge in [0.1, 0.15) is 0 Å².